The van der Waals surface area contributed by atoms with E-state index in [0.29, 0.717) is 18.2 Å². The molecule has 2 rings (SSSR count). The van der Waals surface area contributed by atoms with Gasteiger partial charge in [0.2, 0.25) is 5.91 Å². The molecule has 0 aromatic heterocycles. The average Bonchev–Trinajstić information content (AvgIpc) is 2.48. The first kappa shape index (κ1) is 16.9. The van der Waals surface area contributed by atoms with Crippen LogP contribution < -0.4 is 5.32 Å². The quantitative estimate of drug-likeness (QED) is 0.878. The van der Waals surface area contributed by atoms with Gasteiger partial charge in [0.05, 0.1) is 6.54 Å². The van der Waals surface area contributed by atoms with Crippen LogP contribution in [0.25, 0.3) is 0 Å². The van der Waals surface area contributed by atoms with Gasteiger partial charge in [-0.15, -0.1) is 0 Å². The van der Waals surface area contributed by atoms with E-state index in [1.165, 1.54) is 18.6 Å². The van der Waals surface area contributed by atoms with E-state index in [1.54, 1.807) is 20.1 Å². The summed E-state index contributed by atoms with van der Waals surface area (Å²) in [5, 5.41) is 2.87. The predicted molar refractivity (Wildman–Crippen MR) is 85.4 cm³/mol. The van der Waals surface area contributed by atoms with Gasteiger partial charge in [0.15, 0.2) is 0 Å². The molecule has 1 atom stereocenters. The second-order valence-corrected chi connectivity index (χ2v) is 6.03. The Kier molecular flexibility index (Phi) is 6.34. The number of nitrogens with one attached hydrogen (secondary N) is 1. The molecule has 0 bridgehead atoms. The van der Waals surface area contributed by atoms with Gasteiger partial charge in [-0.3, -0.25) is 9.69 Å². The summed E-state index contributed by atoms with van der Waals surface area (Å²) in [5.74, 6) is 0.281. The molecule has 22 heavy (non-hydrogen) atoms. The van der Waals surface area contributed by atoms with Crippen LogP contribution in [-0.4, -0.2) is 44.2 Å². The number of amides is 1. The van der Waals surface area contributed by atoms with Gasteiger partial charge in [-0.2, -0.15) is 0 Å². The van der Waals surface area contributed by atoms with Gasteiger partial charge in [-0.25, -0.2) is 4.39 Å². The van der Waals surface area contributed by atoms with Crippen molar-refractivity contribution in [1.29, 1.82) is 0 Å². The Balaban J connectivity index is 1.83. The van der Waals surface area contributed by atoms with Crippen molar-refractivity contribution in [2.45, 2.75) is 26.2 Å². The Morgan fingerprint density at radius 1 is 1.50 bits per heavy atom. The second-order valence-electron chi connectivity index (χ2n) is 6.03. The molecule has 4 nitrogen and oxygen atoms in total. The largest absolute Gasteiger partial charge is 0.385 e. The molecule has 1 aromatic carbocycles. The molecule has 0 saturated carbocycles. The molecule has 1 amide bonds. The monoisotopic (exact) mass is 308 g/mol. The van der Waals surface area contributed by atoms with Crippen molar-refractivity contribution in [2.75, 3.05) is 38.7 Å². The van der Waals surface area contributed by atoms with Crippen molar-refractivity contribution in [3.05, 3.63) is 29.6 Å². The number of hydrogen-bond acceptors (Lipinski definition) is 3. The summed E-state index contributed by atoms with van der Waals surface area (Å²) < 4.78 is 18.2. The van der Waals surface area contributed by atoms with Gasteiger partial charge in [0.25, 0.3) is 0 Å². The third-order valence-corrected chi connectivity index (χ3v) is 4.16. The topological polar surface area (TPSA) is 41.6 Å². The Hall–Kier alpha value is -1.46. The van der Waals surface area contributed by atoms with E-state index in [-0.39, 0.29) is 11.7 Å². The number of piperidine rings is 1. The molecule has 1 unspecified atom stereocenters. The molecule has 1 fully saturated rings. The molecule has 0 aliphatic carbocycles. The Bertz CT molecular complexity index is 507. The van der Waals surface area contributed by atoms with Gasteiger partial charge < -0.3 is 10.1 Å². The Labute approximate surface area is 131 Å². The molecule has 1 aliphatic rings. The zero-order valence-electron chi connectivity index (χ0n) is 13.4. The molecule has 1 N–H and O–H groups in total. The minimum absolute atomic E-state index is 0.0397. The highest BCUT2D eigenvalue weighted by molar-refractivity contribution is 5.92. The second kappa shape index (κ2) is 8.25. The van der Waals surface area contributed by atoms with Crippen LogP contribution in [0.5, 0.6) is 0 Å². The number of carbonyl (C=O) groups excluding carboxylic acids is 1. The molecular weight excluding hydrogens is 283 g/mol. The minimum atomic E-state index is -0.285. The fourth-order valence-electron chi connectivity index (χ4n) is 2.98. The summed E-state index contributed by atoms with van der Waals surface area (Å²) in [6, 6.07) is 4.40. The van der Waals surface area contributed by atoms with Crippen molar-refractivity contribution in [2.24, 2.45) is 5.92 Å². The summed E-state index contributed by atoms with van der Waals surface area (Å²) in [4.78, 5) is 14.4. The van der Waals surface area contributed by atoms with Crippen LogP contribution >= 0.6 is 0 Å². The van der Waals surface area contributed by atoms with E-state index in [2.05, 4.69) is 10.2 Å². The van der Waals surface area contributed by atoms with Crippen LogP contribution in [-0.2, 0) is 9.53 Å². The van der Waals surface area contributed by atoms with Crippen LogP contribution in [0.3, 0.4) is 0 Å². The van der Waals surface area contributed by atoms with E-state index >= 15 is 0 Å². The summed E-state index contributed by atoms with van der Waals surface area (Å²) >= 11 is 0. The smallest absolute Gasteiger partial charge is 0.238 e. The van der Waals surface area contributed by atoms with Gasteiger partial charge in [0.1, 0.15) is 5.82 Å². The maximum absolute atomic E-state index is 13.1. The molecule has 122 valence electrons. The highest BCUT2D eigenvalue weighted by Gasteiger charge is 2.21. The van der Waals surface area contributed by atoms with Gasteiger partial charge >= 0.3 is 0 Å². The number of carbonyl (C=O) groups is 1. The SMILES string of the molecule is COCCC1CCCN(CC(=O)Nc2ccc(F)cc2C)C1. The van der Waals surface area contributed by atoms with Crippen molar-refractivity contribution < 1.29 is 13.9 Å². The fraction of sp³-hybridized carbons (Fsp3) is 0.588. The van der Waals surface area contributed by atoms with Crippen LogP contribution in [0.15, 0.2) is 18.2 Å². The lowest BCUT2D eigenvalue weighted by Gasteiger charge is -2.32. The van der Waals surface area contributed by atoms with Gasteiger partial charge in [-0.05, 0) is 62.4 Å². The summed E-state index contributed by atoms with van der Waals surface area (Å²) in [7, 11) is 1.72. The zero-order chi connectivity index (χ0) is 15.9. The first-order chi connectivity index (χ1) is 10.6. The zero-order valence-corrected chi connectivity index (χ0v) is 13.4. The van der Waals surface area contributed by atoms with E-state index < -0.39 is 0 Å². The van der Waals surface area contributed by atoms with E-state index in [4.69, 9.17) is 4.74 Å². The molecule has 0 radical (unpaired) electrons. The van der Waals surface area contributed by atoms with E-state index in [9.17, 15) is 9.18 Å². The lowest BCUT2D eigenvalue weighted by Crippen LogP contribution is -2.40. The Morgan fingerprint density at radius 3 is 3.05 bits per heavy atom. The van der Waals surface area contributed by atoms with Crippen molar-refractivity contribution in [3.63, 3.8) is 0 Å². The molecule has 5 heteroatoms. The van der Waals surface area contributed by atoms with Crippen molar-refractivity contribution in [3.8, 4) is 0 Å². The first-order valence-corrected chi connectivity index (χ1v) is 7.86. The number of benzene rings is 1. The minimum Gasteiger partial charge on any atom is -0.385 e. The van der Waals surface area contributed by atoms with Gasteiger partial charge in [-0.1, -0.05) is 0 Å². The van der Waals surface area contributed by atoms with Gasteiger partial charge in [0, 0.05) is 25.9 Å². The van der Waals surface area contributed by atoms with Crippen molar-refractivity contribution in [1.82, 2.24) is 4.90 Å². The highest BCUT2D eigenvalue weighted by atomic mass is 19.1. The number of anilines is 1. The van der Waals surface area contributed by atoms with E-state index in [1.807, 2.05) is 0 Å². The number of aryl methyl sites for hydroxylation is 1. The molecule has 1 aromatic rings. The number of likely N-dealkylation sites (tertiary alicyclic amines) is 1. The van der Waals surface area contributed by atoms with Crippen LogP contribution in [0.1, 0.15) is 24.8 Å². The predicted octanol–water partition coefficient (Wildman–Crippen LogP) is 2.82. The summed E-state index contributed by atoms with van der Waals surface area (Å²) in [6.45, 7) is 4.86. The molecule has 1 saturated heterocycles. The third kappa shape index (κ3) is 5.07. The maximum Gasteiger partial charge on any atom is 0.238 e. The van der Waals surface area contributed by atoms with Crippen LogP contribution in [0, 0.1) is 18.7 Å². The lowest BCUT2D eigenvalue weighted by atomic mass is 9.95. The summed E-state index contributed by atoms with van der Waals surface area (Å²) in [5.41, 5.74) is 1.42. The number of ether oxygens (including phenoxy) is 1. The number of rotatable bonds is 6. The average molecular weight is 308 g/mol. The van der Waals surface area contributed by atoms with Crippen molar-refractivity contribution >= 4 is 11.6 Å². The fourth-order valence-corrected chi connectivity index (χ4v) is 2.98. The first-order valence-electron chi connectivity index (χ1n) is 7.86. The standard InChI is InChI=1S/C17H25FN2O2/c1-13-10-15(18)5-6-16(13)19-17(21)12-20-8-3-4-14(11-20)7-9-22-2/h5-6,10,14H,3-4,7-9,11-12H2,1-2H3,(H,19,21). The maximum atomic E-state index is 13.1. The molecule has 1 heterocycles. The molecule has 0 spiro atoms. The summed E-state index contributed by atoms with van der Waals surface area (Å²) in [6.07, 6.45) is 3.38. The van der Waals surface area contributed by atoms with Crippen LogP contribution in [0.2, 0.25) is 0 Å². The number of hydrogen-bond donors (Lipinski definition) is 1. The molecule has 1 aliphatic heterocycles. The number of methoxy groups -OCH3 is 1. The normalized spacial score (nSPS) is 19.1. The molecular formula is C17H25FN2O2. The highest BCUT2D eigenvalue weighted by Crippen LogP contribution is 2.20. The van der Waals surface area contributed by atoms with Crippen LogP contribution in [0.4, 0.5) is 10.1 Å². The Morgan fingerprint density at radius 2 is 2.32 bits per heavy atom. The third-order valence-electron chi connectivity index (χ3n) is 4.16. The number of halogens is 1. The van der Waals surface area contributed by atoms with E-state index in [0.717, 1.165) is 38.1 Å². The number of nitrogens with zero attached hydrogens (tertiary/aromatic N) is 1. The lowest BCUT2D eigenvalue weighted by molar-refractivity contribution is -0.117.